The summed E-state index contributed by atoms with van der Waals surface area (Å²) in [5.41, 5.74) is 20.4. The number of anilines is 2. The minimum absolute atomic E-state index is 0. The predicted octanol–water partition coefficient (Wildman–Crippen LogP) is -8.52. The van der Waals surface area contributed by atoms with Crippen LogP contribution in [0.5, 0.6) is 11.5 Å². The SMILES string of the molecule is Nc1cc(N)c([N-]N=C2C=CC(=C3C=CC(=N[N-]c4ccc([O-])c(C(=O)[O-])c4)C=C3)C=C2)cc1N=Nc1cc2c([O-])c(N=NC3=C(S(=O)(=O)O)C=[C+]c4ccccc43)c(S(=O)(=O)O)cc2cc1S(=O)(=O)O.[Na+].[Na+].[Na+].[Na+].[Na+]. The Kier molecular flexibility index (Phi) is 23.8. The number of azo groups is 2. The third-order valence-corrected chi connectivity index (χ3v) is 12.8. The van der Waals surface area contributed by atoms with Gasteiger partial charge in [-0.25, -0.2) is 0 Å². The van der Waals surface area contributed by atoms with Crippen molar-refractivity contribution >= 4 is 104 Å². The minimum atomic E-state index is -5.35. The molecule has 7 N–H and O–H groups in total. The summed E-state index contributed by atoms with van der Waals surface area (Å²) >= 11 is 0. The first-order chi connectivity index (χ1) is 33.5. The van der Waals surface area contributed by atoms with Gasteiger partial charge < -0.3 is 52.6 Å². The second-order valence-electron chi connectivity index (χ2n) is 14.9. The number of carboxylic acids is 1. The first-order valence-corrected chi connectivity index (χ1v) is 24.1. The molecular weight excluding hydrogens is 1100 g/mol. The first-order valence-electron chi connectivity index (χ1n) is 19.8. The summed E-state index contributed by atoms with van der Waals surface area (Å²) in [6, 6.07) is 14.1. The summed E-state index contributed by atoms with van der Waals surface area (Å²) < 4.78 is 105. The van der Waals surface area contributed by atoms with E-state index in [4.69, 9.17) is 11.5 Å². The van der Waals surface area contributed by atoms with Crippen LogP contribution in [0, 0.1) is 6.08 Å². The summed E-state index contributed by atoms with van der Waals surface area (Å²) in [7, 11) is -15.5. The third-order valence-electron chi connectivity index (χ3n) is 10.2. The molecule has 0 unspecified atom stereocenters. The van der Waals surface area contributed by atoms with Gasteiger partial charge in [-0.3, -0.25) is 13.7 Å². The summed E-state index contributed by atoms with van der Waals surface area (Å²) in [6.45, 7) is 0. The molecule has 0 heterocycles. The van der Waals surface area contributed by atoms with Crippen molar-refractivity contribution in [2.45, 2.75) is 9.79 Å². The van der Waals surface area contributed by atoms with E-state index < -0.39 is 95.9 Å². The van der Waals surface area contributed by atoms with E-state index in [0.29, 0.717) is 23.6 Å². The van der Waals surface area contributed by atoms with Gasteiger partial charge in [0.25, 0.3) is 20.2 Å². The number of carbonyl (C=O) groups excluding carboxylic acids is 1. The molecule has 0 saturated carbocycles. The van der Waals surface area contributed by atoms with E-state index >= 15 is 0 Å². The zero-order valence-corrected chi connectivity index (χ0v) is 53.0. The molecule has 0 atom stereocenters. The molecule has 23 nitrogen and oxygen atoms in total. The van der Waals surface area contributed by atoms with E-state index in [1.54, 1.807) is 54.7 Å². The van der Waals surface area contributed by atoms with Gasteiger partial charge in [-0.2, -0.15) is 25.3 Å². The van der Waals surface area contributed by atoms with E-state index in [0.717, 1.165) is 35.4 Å². The van der Waals surface area contributed by atoms with Crippen LogP contribution in [0.4, 0.5) is 39.8 Å². The van der Waals surface area contributed by atoms with Crippen molar-refractivity contribution < 1.29 is 207 Å². The largest absolute Gasteiger partial charge is 1.00 e. The Bertz CT molecular complexity index is 3860. The average molecular weight is 1130 g/mol. The Morgan fingerprint density at radius 2 is 1.17 bits per heavy atom. The fraction of sp³-hybridized carbons (Fsp3) is 0. The Morgan fingerprint density at radius 1 is 0.605 bits per heavy atom. The van der Waals surface area contributed by atoms with E-state index in [1.807, 2.05) is 0 Å². The monoisotopic (exact) mass is 1130 g/mol. The van der Waals surface area contributed by atoms with E-state index in [1.165, 1.54) is 36.4 Å². The molecule has 31 heteroatoms. The van der Waals surface area contributed by atoms with Gasteiger partial charge in [-0.1, -0.05) is 59.7 Å². The maximum absolute atomic E-state index is 14.0. The van der Waals surface area contributed by atoms with Gasteiger partial charge in [0, 0.05) is 29.3 Å². The molecule has 0 aromatic heterocycles. The van der Waals surface area contributed by atoms with Gasteiger partial charge in [-0.05, 0) is 100 Å². The fourth-order valence-electron chi connectivity index (χ4n) is 6.79. The maximum atomic E-state index is 14.0. The zero-order chi connectivity index (χ0) is 51.0. The number of nitrogens with zero attached hydrogens (tertiary/aromatic N) is 8. The number of nitrogen functional groups attached to an aromatic ring is 2. The number of nitrogens with two attached hydrogens (primary N) is 2. The van der Waals surface area contributed by atoms with Gasteiger partial charge in [0.15, 0.2) is 11.3 Å². The number of hydrogen-bond acceptors (Lipinski definition) is 18. The average Bonchev–Trinajstić information content (AvgIpc) is 3.31. The van der Waals surface area contributed by atoms with Crippen LogP contribution in [0.1, 0.15) is 21.5 Å². The first kappa shape index (κ1) is 66.3. The quantitative estimate of drug-likeness (QED) is 0.0193. The molecule has 0 saturated heterocycles. The molecule has 0 spiro atoms. The van der Waals surface area contributed by atoms with Crippen molar-refractivity contribution in [2.75, 3.05) is 11.5 Å². The molecule has 0 fully saturated rings. The number of hydrogen-bond donors (Lipinski definition) is 5. The van der Waals surface area contributed by atoms with Gasteiger partial charge in [0.05, 0.1) is 23.4 Å². The molecule has 358 valence electrons. The normalized spacial score (nSPS) is 13.7. The second-order valence-corrected chi connectivity index (χ2v) is 19.1. The molecule has 0 amide bonds. The van der Waals surface area contributed by atoms with Crippen molar-refractivity contribution in [3.63, 3.8) is 0 Å². The fourth-order valence-corrected chi connectivity index (χ4v) is 8.68. The van der Waals surface area contributed by atoms with Crippen LogP contribution < -0.4 is 175 Å². The summed E-state index contributed by atoms with van der Waals surface area (Å²) in [5.74, 6) is -3.62. The number of rotatable bonds is 12. The number of fused-ring (bicyclic) bond motifs is 2. The van der Waals surface area contributed by atoms with Crippen molar-refractivity contribution in [3.8, 4) is 11.5 Å². The number of carboxylic acid groups (broad SMARTS) is 1. The molecule has 5 aromatic rings. The summed E-state index contributed by atoms with van der Waals surface area (Å²) in [5, 5.41) is 59.6. The molecule has 3 aliphatic carbocycles. The molecule has 3 aliphatic rings. The van der Waals surface area contributed by atoms with Crippen LogP contribution in [0.2, 0.25) is 0 Å². The van der Waals surface area contributed by atoms with Crippen molar-refractivity contribution in [1.82, 2.24) is 0 Å². The molecule has 0 bridgehead atoms. The maximum Gasteiger partial charge on any atom is 1.00 e. The van der Waals surface area contributed by atoms with Crippen LogP contribution in [0.25, 0.3) is 27.3 Å². The van der Waals surface area contributed by atoms with E-state index in [2.05, 4.69) is 47.6 Å². The number of benzene rings is 5. The third kappa shape index (κ3) is 15.4. The standard InChI is InChI=1S/C45H32N10O13S3.5Na/c46-33-21-34(47)36(22-35(33)51-49-28-12-7-24(8-13-28)23-5-10-27(11-6-23)48-50-29-14-15-38(56)32(19-29)45(58)59)52-53-37-20-31-26(17-40(37)70(63,64)65)18-41(71(66,67)68)43(44(31)57)55-54-42-30-4-2-1-3-25(30)9-16-39(42)69(60,61)62;;;;;/h1-8,10-22H,(H11-,46,47,48,49,50,51,52,53,54,55,56,57,58,59,60,61,62,63,64,65,66,67,68);;;;;/q;5*+1/p-4. The molecule has 5 aromatic carbocycles. The zero-order valence-electron chi connectivity index (χ0n) is 40.5. The molecular formula is C45H28N10Na5O13S3+. The van der Waals surface area contributed by atoms with Crippen molar-refractivity contribution in [2.24, 2.45) is 30.7 Å². The molecule has 8 rings (SSSR count). The Hall–Kier alpha value is -4.01. The van der Waals surface area contributed by atoms with E-state index in [-0.39, 0.29) is 187 Å². The van der Waals surface area contributed by atoms with Crippen LogP contribution >= 0.6 is 0 Å². The number of aromatic carboxylic acids is 1. The summed E-state index contributed by atoms with van der Waals surface area (Å²) in [6.07, 6.45) is 17.2. The molecule has 0 aliphatic heterocycles. The van der Waals surface area contributed by atoms with Crippen LogP contribution in [-0.4, -0.2) is 56.3 Å². The minimum Gasteiger partial charge on any atom is -0.872 e. The van der Waals surface area contributed by atoms with Gasteiger partial charge in [0.1, 0.15) is 26.7 Å². The number of allylic oxidation sites excluding steroid dienone is 11. The van der Waals surface area contributed by atoms with Gasteiger partial charge in [-0.15, -0.1) is 26.1 Å². The van der Waals surface area contributed by atoms with Crippen molar-refractivity contribution in [1.29, 1.82) is 0 Å². The second kappa shape index (κ2) is 27.2. The van der Waals surface area contributed by atoms with Gasteiger partial charge >= 0.3 is 158 Å². The van der Waals surface area contributed by atoms with Crippen molar-refractivity contribution in [3.05, 3.63) is 177 Å². The molecule has 0 radical (unpaired) electrons. The summed E-state index contributed by atoms with van der Waals surface area (Å²) in [4.78, 5) is 8.20. The smallest absolute Gasteiger partial charge is 0.872 e. The van der Waals surface area contributed by atoms with E-state index in [9.17, 15) is 59.0 Å². The van der Waals surface area contributed by atoms with Gasteiger partial charge in [0.2, 0.25) is 4.91 Å². The Labute approximate surface area is 544 Å². The van der Waals surface area contributed by atoms with Crippen LogP contribution in [0.15, 0.2) is 184 Å². The topological polar surface area (TPSA) is 404 Å². The Morgan fingerprint density at radius 3 is 1.75 bits per heavy atom. The van der Waals surface area contributed by atoms with Crippen LogP contribution in [0.3, 0.4) is 0 Å². The molecule has 76 heavy (non-hydrogen) atoms. The number of carbonyl (C=O) groups is 1. The van der Waals surface area contributed by atoms with Crippen LogP contribution in [-0.2, 0) is 30.4 Å². The Balaban J connectivity index is 0.00000304. The predicted molar refractivity (Wildman–Crippen MR) is 254 cm³/mol.